The molecule has 3 nitrogen and oxygen atoms in total. The van der Waals surface area contributed by atoms with Crippen LogP contribution in [-0.4, -0.2) is 30.6 Å². The zero-order valence-electron chi connectivity index (χ0n) is 10.5. The molecule has 0 heterocycles. The van der Waals surface area contributed by atoms with Gasteiger partial charge < -0.3 is 10.2 Å². The Morgan fingerprint density at radius 1 is 1.40 bits per heavy atom. The molecular formula is C12H23N3. The molecule has 0 rings (SSSR count). The molecule has 0 aliphatic carbocycles. The first-order valence-corrected chi connectivity index (χ1v) is 5.46. The van der Waals surface area contributed by atoms with Crippen molar-refractivity contribution in [3.05, 3.63) is 12.3 Å². The van der Waals surface area contributed by atoms with Gasteiger partial charge in [-0.1, -0.05) is 20.4 Å². The maximum atomic E-state index is 9.00. The largest absolute Gasteiger partial charge is 0.356 e. The van der Waals surface area contributed by atoms with Gasteiger partial charge in [0.25, 0.3) is 0 Å². The van der Waals surface area contributed by atoms with E-state index in [0.717, 1.165) is 12.2 Å². The second-order valence-electron chi connectivity index (χ2n) is 4.29. The van der Waals surface area contributed by atoms with Crippen LogP contribution in [0, 0.1) is 17.2 Å². The van der Waals surface area contributed by atoms with Gasteiger partial charge in [-0.15, -0.1) is 0 Å². The summed E-state index contributed by atoms with van der Waals surface area (Å²) in [6.07, 6.45) is 0. The van der Waals surface area contributed by atoms with Gasteiger partial charge in [-0.2, -0.15) is 5.26 Å². The summed E-state index contributed by atoms with van der Waals surface area (Å²) in [5.41, 5.74) is 0.979. The van der Waals surface area contributed by atoms with Crippen molar-refractivity contribution < 1.29 is 0 Å². The number of likely N-dealkylation sites (N-methyl/N-ethyl adjacent to an activating group) is 1. The van der Waals surface area contributed by atoms with E-state index in [1.165, 1.54) is 0 Å². The molecule has 2 unspecified atom stereocenters. The van der Waals surface area contributed by atoms with Crippen molar-refractivity contribution in [1.82, 2.24) is 10.2 Å². The highest BCUT2D eigenvalue weighted by Crippen LogP contribution is 2.18. The van der Waals surface area contributed by atoms with Crippen LogP contribution in [0.5, 0.6) is 0 Å². The second-order valence-corrected chi connectivity index (χ2v) is 4.29. The highest BCUT2D eigenvalue weighted by Gasteiger charge is 2.22. The molecule has 0 saturated heterocycles. The lowest BCUT2D eigenvalue weighted by atomic mass is 10.0. The van der Waals surface area contributed by atoms with Crippen LogP contribution < -0.4 is 5.32 Å². The third-order valence-corrected chi connectivity index (χ3v) is 2.75. The Balaban J connectivity index is 4.74. The first-order valence-electron chi connectivity index (χ1n) is 5.46. The molecule has 0 bridgehead atoms. The number of nitriles is 1. The van der Waals surface area contributed by atoms with E-state index >= 15 is 0 Å². The average molecular weight is 209 g/mol. The molecule has 15 heavy (non-hydrogen) atoms. The van der Waals surface area contributed by atoms with E-state index in [2.05, 4.69) is 43.6 Å². The number of rotatable bonds is 6. The van der Waals surface area contributed by atoms with Crippen LogP contribution >= 0.6 is 0 Å². The van der Waals surface area contributed by atoms with Gasteiger partial charge in [0.15, 0.2) is 0 Å². The molecule has 0 aromatic heterocycles. The minimum absolute atomic E-state index is 0.122. The van der Waals surface area contributed by atoms with E-state index in [1.54, 1.807) is 0 Å². The van der Waals surface area contributed by atoms with Crippen molar-refractivity contribution in [3.63, 3.8) is 0 Å². The fourth-order valence-corrected chi connectivity index (χ4v) is 1.59. The Morgan fingerprint density at radius 3 is 2.27 bits per heavy atom. The third-order valence-electron chi connectivity index (χ3n) is 2.75. The zero-order valence-corrected chi connectivity index (χ0v) is 10.5. The molecule has 0 aromatic rings. The summed E-state index contributed by atoms with van der Waals surface area (Å²) in [6.45, 7) is 13.1. The molecule has 0 saturated carbocycles. The van der Waals surface area contributed by atoms with E-state index in [1.807, 2.05) is 14.0 Å². The van der Waals surface area contributed by atoms with Crippen LogP contribution in [0.4, 0.5) is 0 Å². The van der Waals surface area contributed by atoms with E-state index < -0.39 is 0 Å². The van der Waals surface area contributed by atoms with Crippen LogP contribution in [0.3, 0.4) is 0 Å². The smallest absolute Gasteiger partial charge is 0.114 e. The van der Waals surface area contributed by atoms with Crippen LogP contribution in [0.2, 0.25) is 0 Å². The summed E-state index contributed by atoms with van der Waals surface area (Å²) in [5, 5.41) is 12.1. The molecule has 86 valence electrons. The topological polar surface area (TPSA) is 39.1 Å². The van der Waals surface area contributed by atoms with Crippen molar-refractivity contribution in [2.24, 2.45) is 5.92 Å². The maximum Gasteiger partial charge on any atom is 0.114 e. The number of hydrogen-bond donors (Lipinski definition) is 1. The quantitative estimate of drug-likeness (QED) is 0.727. The molecule has 0 aliphatic rings. The van der Waals surface area contributed by atoms with Crippen molar-refractivity contribution in [2.75, 3.05) is 13.6 Å². The van der Waals surface area contributed by atoms with Crippen LogP contribution in [0.25, 0.3) is 0 Å². The summed E-state index contributed by atoms with van der Waals surface area (Å²) >= 11 is 0. The van der Waals surface area contributed by atoms with Crippen LogP contribution in [0.15, 0.2) is 12.3 Å². The molecule has 3 heteroatoms. The van der Waals surface area contributed by atoms with Crippen molar-refractivity contribution in [1.29, 1.82) is 5.26 Å². The van der Waals surface area contributed by atoms with Crippen molar-refractivity contribution in [3.8, 4) is 6.07 Å². The van der Waals surface area contributed by atoms with Gasteiger partial charge in [-0.05, 0) is 26.8 Å². The van der Waals surface area contributed by atoms with Gasteiger partial charge in [0.1, 0.15) is 6.04 Å². The lowest BCUT2D eigenvalue weighted by Crippen LogP contribution is -2.43. The Labute approximate surface area is 93.8 Å². The zero-order chi connectivity index (χ0) is 12.0. The fourth-order valence-electron chi connectivity index (χ4n) is 1.59. The minimum atomic E-state index is -0.122. The highest BCUT2D eigenvalue weighted by molar-refractivity contribution is 5.06. The van der Waals surface area contributed by atoms with E-state index in [0.29, 0.717) is 12.0 Å². The monoisotopic (exact) mass is 209 g/mol. The van der Waals surface area contributed by atoms with Crippen LogP contribution in [0.1, 0.15) is 27.7 Å². The third kappa shape index (κ3) is 3.93. The molecule has 0 radical (unpaired) electrons. The Bertz CT molecular complexity index is 240. The first kappa shape index (κ1) is 14.0. The Morgan fingerprint density at radius 2 is 1.93 bits per heavy atom. The van der Waals surface area contributed by atoms with Gasteiger partial charge in [-0.3, -0.25) is 0 Å². The molecule has 0 aromatic carbocycles. The predicted octanol–water partition coefficient (Wildman–Crippen LogP) is 1.98. The van der Waals surface area contributed by atoms with Gasteiger partial charge in [-0.25, -0.2) is 0 Å². The lowest BCUT2D eigenvalue weighted by Gasteiger charge is -2.37. The average Bonchev–Trinajstić information content (AvgIpc) is 2.17. The van der Waals surface area contributed by atoms with E-state index in [9.17, 15) is 0 Å². The van der Waals surface area contributed by atoms with Gasteiger partial charge in [0.05, 0.1) is 6.07 Å². The minimum Gasteiger partial charge on any atom is -0.356 e. The van der Waals surface area contributed by atoms with E-state index in [4.69, 9.17) is 5.26 Å². The number of nitrogens with one attached hydrogen (secondary N) is 1. The number of nitrogens with zero attached hydrogens (tertiary/aromatic N) is 2. The molecule has 0 aliphatic heterocycles. The van der Waals surface area contributed by atoms with Crippen LogP contribution in [-0.2, 0) is 0 Å². The van der Waals surface area contributed by atoms with Crippen molar-refractivity contribution in [2.45, 2.75) is 39.8 Å². The molecular weight excluding hydrogens is 186 g/mol. The lowest BCUT2D eigenvalue weighted by molar-refractivity contribution is 0.191. The summed E-state index contributed by atoms with van der Waals surface area (Å²) in [4.78, 5) is 2.10. The highest BCUT2D eigenvalue weighted by atomic mass is 15.2. The summed E-state index contributed by atoms with van der Waals surface area (Å²) in [6, 6.07) is 2.49. The van der Waals surface area contributed by atoms with E-state index in [-0.39, 0.29) is 6.04 Å². The van der Waals surface area contributed by atoms with Gasteiger partial charge in [0.2, 0.25) is 0 Å². The first-order chi connectivity index (χ1) is 6.95. The maximum absolute atomic E-state index is 9.00. The summed E-state index contributed by atoms with van der Waals surface area (Å²) < 4.78 is 0. The second kappa shape index (κ2) is 6.47. The summed E-state index contributed by atoms with van der Waals surface area (Å²) in [7, 11) is 1.89. The Kier molecular flexibility index (Phi) is 6.03. The summed E-state index contributed by atoms with van der Waals surface area (Å²) in [5.74, 6) is 0.509. The van der Waals surface area contributed by atoms with Gasteiger partial charge >= 0.3 is 0 Å². The molecule has 0 amide bonds. The predicted molar refractivity (Wildman–Crippen MR) is 64.3 cm³/mol. The van der Waals surface area contributed by atoms with Crippen molar-refractivity contribution >= 4 is 0 Å². The normalized spacial score (nSPS) is 14.5. The molecule has 0 fully saturated rings. The fraction of sp³-hybridized carbons (Fsp3) is 0.750. The SMILES string of the molecule is C=C(CNC)N(C(C)C#N)C(C)C(C)C. The Hall–Kier alpha value is -1.01. The van der Waals surface area contributed by atoms with Gasteiger partial charge in [0, 0.05) is 18.3 Å². The standard InChI is InChI=1S/C12H23N3/c1-9(2)12(5)15(10(3)7-13)11(4)8-14-6/h9-10,12,14H,4,8H2,1-3,5-6H3. The molecule has 0 spiro atoms. The molecule has 2 atom stereocenters. The molecule has 1 N–H and O–H groups in total. The number of hydrogen-bond acceptors (Lipinski definition) is 3.